The molecule has 2 N–H and O–H groups in total. The fourth-order valence-corrected chi connectivity index (χ4v) is 2.83. The number of methoxy groups -OCH3 is 1. The minimum Gasteiger partial charge on any atom is -0.493 e. The minimum atomic E-state index is -0.235. The lowest BCUT2D eigenvalue weighted by atomic mass is 10.1. The third kappa shape index (κ3) is 4.86. The summed E-state index contributed by atoms with van der Waals surface area (Å²) in [7, 11) is 1.60. The Kier molecular flexibility index (Phi) is 6.43. The largest absolute Gasteiger partial charge is 0.493 e. The highest BCUT2D eigenvalue weighted by Crippen LogP contribution is 2.30. The van der Waals surface area contributed by atoms with Gasteiger partial charge in [-0.2, -0.15) is 0 Å². The molecular weight excluding hydrogens is 326 g/mol. The number of nitrogens with one attached hydrogen (secondary N) is 2. The summed E-state index contributed by atoms with van der Waals surface area (Å²) in [6.45, 7) is 6.76. The zero-order chi connectivity index (χ0) is 17.5. The summed E-state index contributed by atoms with van der Waals surface area (Å²) >= 11 is 1.57. The molecule has 0 saturated carbocycles. The van der Waals surface area contributed by atoms with E-state index in [0.29, 0.717) is 24.7 Å². The van der Waals surface area contributed by atoms with Gasteiger partial charge in [-0.3, -0.25) is 0 Å². The van der Waals surface area contributed by atoms with Crippen LogP contribution in [0.15, 0.2) is 23.6 Å². The highest BCUT2D eigenvalue weighted by molar-refractivity contribution is 7.09. The van der Waals surface area contributed by atoms with E-state index in [1.807, 2.05) is 44.4 Å². The van der Waals surface area contributed by atoms with Crippen molar-refractivity contribution in [3.05, 3.63) is 39.8 Å². The van der Waals surface area contributed by atoms with Crippen LogP contribution >= 0.6 is 11.3 Å². The molecule has 1 aromatic heterocycles. The molecule has 0 aliphatic rings. The summed E-state index contributed by atoms with van der Waals surface area (Å²) in [6.07, 6.45) is 0. The summed E-state index contributed by atoms with van der Waals surface area (Å²) in [4.78, 5) is 16.3. The maximum atomic E-state index is 12.0. The van der Waals surface area contributed by atoms with Gasteiger partial charge in [-0.25, -0.2) is 9.78 Å². The number of urea groups is 1. The molecular formula is C17H23N3O3S. The molecule has 6 nitrogen and oxygen atoms in total. The lowest BCUT2D eigenvalue weighted by molar-refractivity contribution is 0.237. The standard InChI is InChI=1S/C17H23N3O3S/c1-5-23-15-7-6-13(8-16(15)22-4)11(2)19-17(21)18-9-14-10-24-12(3)20-14/h6-8,10-11H,5,9H2,1-4H3,(H2,18,19,21)/t11-/m0/s1. The summed E-state index contributed by atoms with van der Waals surface area (Å²) in [5.41, 5.74) is 1.80. The topological polar surface area (TPSA) is 72.5 Å². The third-order valence-electron chi connectivity index (χ3n) is 3.43. The fourth-order valence-electron chi connectivity index (χ4n) is 2.22. The molecule has 2 rings (SSSR count). The Bertz CT molecular complexity index is 687. The highest BCUT2D eigenvalue weighted by atomic mass is 32.1. The van der Waals surface area contributed by atoms with Gasteiger partial charge in [0.25, 0.3) is 0 Å². The van der Waals surface area contributed by atoms with E-state index in [1.165, 1.54) is 0 Å². The van der Waals surface area contributed by atoms with Crippen molar-refractivity contribution in [1.29, 1.82) is 0 Å². The smallest absolute Gasteiger partial charge is 0.315 e. The van der Waals surface area contributed by atoms with Crippen molar-refractivity contribution in [2.75, 3.05) is 13.7 Å². The molecule has 0 radical (unpaired) electrons. The monoisotopic (exact) mass is 349 g/mol. The molecule has 0 unspecified atom stereocenters. The lowest BCUT2D eigenvalue weighted by Gasteiger charge is -2.17. The zero-order valence-corrected chi connectivity index (χ0v) is 15.2. The molecule has 0 spiro atoms. The van der Waals surface area contributed by atoms with E-state index in [4.69, 9.17) is 9.47 Å². The molecule has 2 amide bonds. The van der Waals surface area contributed by atoms with Gasteiger partial charge in [0, 0.05) is 5.38 Å². The molecule has 0 bridgehead atoms. The van der Waals surface area contributed by atoms with Crippen LogP contribution in [0.25, 0.3) is 0 Å². The van der Waals surface area contributed by atoms with E-state index in [0.717, 1.165) is 16.3 Å². The second-order valence-corrected chi connectivity index (χ2v) is 6.31. The summed E-state index contributed by atoms with van der Waals surface area (Å²) in [6, 6.07) is 5.25. The van der Waals surface area contributed by atoms with Gasteiger partial charge in [0.1, 0.15) is 0 Å². The molecule has 0 aliphatic heterocycles. The third-order valence-corrected chi connectivity index (χ3v) is 4.25. The number of thiazole rings is 1. The first-order valence-corrected chi connectivity index (χ1v) is 8.67. The van der Waals surface area contributed by atoms with Crippen LogP contribution in [0, 0.1) is 6.92 Å². The number of ether oxygens (including phenoxy) is 2. The molecule has 1 aromatic carbocycles. The van der Waals surface area contributed by atoms with E-state index in [9.17, 15) is 4.79 Å². The molecule has 1 atom stereocenters. The Morgan fingerprint density at radius 2 is 2.17 bits per heavy atom. The van der Waals surface area contributed by atoms with E-state index >= 15 is 0 Å². The Morgan fingerprint density at radius 3 is 2.79 bits per heavy atom. The van der Waals surface area contributed by atoms with E-state index < -0.39 is 0 Å². The molecule has 24 heavy (non-hydrogen) atoms. The Balaban J connectivity index is 1.93. The number of nitrogens with zero attached hydrogens (tertiary/aromatic N) is 1. The van der Waals surface area contributed by atoms with Gasteiger partial charge in [-0.05, 0) is 38.5 Å². The minimum absolute atomic E-state index is 0.160. The first kappa shape index (κ1) is 18.1. The predicted octanol–water partition coefficient (Wildman–Crippen LogP) is 3.42. The van der Waals surface area contributed by atoms with Gasteiger partial charge in [0.15, 0.2) is 11.5 Å². The molecule has 2 aromatic rings. The number of benzene rings is 1. The summed E-state index contributed by atoms with van der Waals surface area (Å²) < 4.78 is 10.8. The molecule has 130 valence electrons. The first-order chi connectivity index (χ1) is 11.5. The maximum absolute atomic E-state index is 12.0. The van der Waals surface area contributed by atoms with Crippen LogP contribution in [-0.2, 0) is 6.54 Å². The zero-order valence-electron chi connectivity index (χ0n) is 14.4. The Morgan fingerprint density at radius 1 is 1.38 bits per heavy atom. The van der Waals surface area contributed by atoms with E-state index in [-0.39, 0.29) is 12.1 Å². The number of hydrogen-bond donors (Lipinski definition) is 2. The number of carbonyl (C=O) groups excluding carboxylic acids is 1. The van der Waals surface area contributed by atoms with Gasteiger partial charge in [-0.15, -0.1) is 11.3 Å². The SMILES string of the molecule is CCOc1ccc([C@H](C)NC(=O)NCc2csc(C)n2)cc1OC. The van der Waals surface area contributed by atoms with Crippen LogP contribution in [0.4, 0.5) is 4.79 Å². The normalized spacial score (nSPS) is 11.7. The molecule has 1 heterocycles. The molecule has 0 aliphatic carbocycles. The van der Waals surface area contributed by atoms with Gasteiger partial charge in [-0.1, -0.05) is 6.07 Å². The van der Waals surface area contributed by atoms with Crippen molar-refractivity contribution < 1.29 is 14.3 Å². The quantitative estimate of drug-likeness (QED) is 0.803. The number of hydrogen-bond acceptors (Lipinski definition) is 5. The van der Waals surface area contributed by atoms with E-state index in [2.05, 4.69) is 15.6 Å². The van der Waals surface area contributed by atoms with Gasteiger partial charge >= 0.3 is 6.03 Å². The van der Waals surface area contributed by atoms with Crippen LogP contribution in [0.5, 0.6) is 11.5 Å². The first-order valence-electron chi connectivity index (χ1n) is 7.79. The number of rotatable bonds is 7. The van der Waals surface area contributed by atoms with Crippen LogP contribution < -0.4 is 20.1 Å². The second kappa shape index (κ2) is 8.54. The average molecular weight is 349 g/mol. The van der Waals surface area contributed by atoms with Crippen LogP contribution in [0.3, 0.4) is 0 Å². The number of carbonyl (C=O) groups is 1. The maximum Gasteiger partial charge on any atom is 0.315 e. The Hall–Kier alpha value is -2.28. The van der Waals surface area contributed by atoms with Crippen LogP contribution in [-0.4, -0.2) is 24.7 Å². The summed E-state index contributed by atoms with van der Waals surface area (Å²) in [5, 5.41) is 8.65. The number of aryl methyl sites for hydroxylation is 1. The molecule has 0 fully saturated rings. The van der Waals surface area contributed by atoms with Crippen molar-refractivity contribution in [3.63, 3.8) is 0 Å². The number of amides is 2. The van der Waals surface area contributed by atoms with Crippen molar-refractivity contribution in [1.82, 2.24) is 15.6 Å². The van der Waals surface area contributed by atoms with Gasteiger partial charge in [0.05, 0.1) is 37.0 Å². The lowest BCUT2D eigenvalue weighted by Crippen LogP contribution is -2.36. The van der Waals surface area contributed by atoms with Crippen molar-refractivity contribution in [2.24, 2.45) is 0 Å². The van der Waals surface area contributed by atoms with Crippen molar-refractivity contribution in [3.8, 4) is 11.5 Å². The predicted molar refractivity (Wildman–Crippen MR) is 94.8 cm³/mol. The molecule has 0 saturated heterocycles. The van der Waals surface area contributed by atoms with E-state index in [1.54, 1.807) is 18.4 Å². The van der Waals surface area contributed by atoms with Gasteiger partial charge < -0.3 is 20.1 Å². The fraction of sp³-hybridized carbons (Fsp3) is 0.412. The van der Waals surface area contributed by atoms with Crippen LogP contribution in [0.2, 0.25) is 0 Å². The van der Waals surface area contributed by atoms with Gasteiger partial charge in [0.2, 0.25) is 0 Å². The average Bonchev–Trinajstić information content (AvgIpc) is 2.99. The second-order valence-electron chi connectivity index (χ2n) is 5.25. The Labute approximate surface area is 146 Å². The molecule has 7 heteroatoms. The summed E-state index contributed by atoms with van der Waals surface area (Å²) in [5.74, 6) is 1.35. The highest BCUT2D eigenvalue weighted by Gasteiger charge is 2.13. The van der Waals surface area contributed by atoms with Crippen molar-refractivity contribution in [2.45, 2.75) is 33.4 Å². The van der Waals surface area contributed by atoms with Crippen LogP contribution in [0.1, 0.15) is 36.2 Å². The number of aromatic nitrogens is 1. The van der Waals surface area contributed by atoms with Crippen molar-refractivity contribution >= 4 is 17.4 Å².